The smallest absolute Gasteiger partial charge is 0.0963 e. The van der Waals surface area contributed by atoms with Crippen molar-refractivity contribution in [3.63, 3.8) is 0 Å². The van der Waals surface area contributed by atoms with E-state index in [0.29, 0.717) is 16.7 Å². The summed E-state index contributed by atoms with van der Waals surface area (Å²) in [5.74, 6) is 6.71. The predicted octanol–water partition coefficient (Wildman–Crippen LogP) is 12.0. The molecular weight excluding hydrogens is 922 g/mol. The number of allylic oxidation sites excluding steroid dienone is 12. The molecule has 8 nitrogen and oxygen atoms in total. The highest BCUT2D eigenvalue weighted by molar-refractivity contribution is 14.1. The minimum atomic E-state index is 0.196. The lowest BCUT2D eigenvalue weighted by atomic mass is 9.48. The van der Waals surface area contributed by atoms with E-state index in [4.69, 9.17) is 9.47 Å². The number of ether oxygens (including phenoxy) is 2. The van der Waals surface area contributed by atoms with Crippen LogP contribution < -0.4 is 0 Å². The molecular formula is C46H60I2N6O2. The maximum absolute atomic E-state index is 5.95. The number of halogens is 2. The first-order chi connectivity index (χ1) is 26.9. The summed E-state index contributed by atoms with van der Waals surface area (Å²) in [6.07, 6.45) is 31.6. The van der Waals surface area contributed by atoms with Crippen LogP contribution in [-0.2, 0) is 9.47 Å². The lowest BCUT2D eigenvalue weighted by Gasteiger charge is -2.57. The summed E-state index contributed by atoms with van der Waals surface area (Å²) >= 11 is 5.22. The van der Waals surface area contributed by atoms with Gasteiger partial charge in [0.15, 0.2) is 0 Å². The fraction of sp³-hybridized carbons (Fsp3) is 0.652. The molecule has 0 aromatic carbocycles. The Morgan fingerprint density at radius 2 is 1.16 bits per heavy atom. The lowest BCUT2D eigenvalue weighted by Crippen LogP contribution is -2.49. The van der Waals surface area contributed by atoms with E-state index in [1.54, 1.807) is 25.8 Å². The molecule has 10 atom stereocenters. The average molecular weight is 983 g/mol. The van der Waals surface area contributed by atoms with Crippen molar-refractivity contribution in [1.82, 2.24) is 30.0 Å². The fourth-order valence-electron chi connectivity index (χ4n) is 13.6. The molecule has 300 valence electrons. The van der Waals surface area contributed by atoms with E-state index in [0.717, 1.165) is 80.0 Å². The number of nitrogens with zero attached hydrogens (tertiary/aromatic N) is 6. The predicted molar refractivity (Wildman–Crippen MR) is 239 cm³/mol. The third-order valence-electron chi connectivity index (χ3n) is 16.6. The zero-order valence-corrected chi connectivity index (χ0v) is 38.6. The van der Waals surface area contributed by atoms with Crippen molar-refractivity contribution in [2.45, 2.75) is 119 Å². The Balaban J connectivity index is 0.000000146. The molecule has 56 heavy (non-hydrogen) atoms. The second-order valence-electron chi connectivity index (χ2n) is 19.0. The summed E-state index contributed by atoms with van der Waals surface area (Å²) < 4.78 is 17.1. The molecule has 0 amide bonds. The van der Waals surface area contributed by atoms with Crippen molar-refractivity contribution >= 4 is 56.6 Å². The summed E-state index contributed by atoms with van der Waals surface area (Å²) in [5.41, 5.74) is 6.70. The van der Waals surface area contributed by atoms with Crippen molar-refractivity contribution in [2.75, 3.05) is 13.2 Å². The van der Waals surface area contributed by atoms with Crippen LogP contribution in [0.3, 0.4) is 0 Å². The van der Waals surface area contributed by atoms with Crippen molar-refractivity contribution in [3.05, 3.63) is 78.9 Å². The van der Waals surface area contributed by atoms with Crippen LogP contribution in [0.5, 0.6) is 0 Å². The van der Waals surface area contributed by atoms with E-state index < -0.39 is 0 Å². The van der Waals surface area contributed by atoms with Gasteiger partial charge in [0.05, 0.1) is 55.2 Å². The zero-order valence-electron chi connectivity index (χ0n) is 34.2. The number of hydrogen-bond donors (Lipinski definition) is 0. The van der Waals surface area contributed by atoms with Gasteiger partial charge < -0.3 is 9.47 Å². The Labute approximate surface area is 361 Å². The Morgan fingerprint density at radius 1 is 0.661 bits per heavy atom. The van der Waals surface area contributed by atoms with E-state index in [9.17, 15) is 0 Å². The van der Waals surface area contributed by atoms with Gasteiger partial charge in [0.25, 0.3) is 0 Å². The first kappa shape index (κ1) is 39.3. The standard InChI is InChI=1S/2C23H30IN3O/c1-4-28-15-7-9-22(2)18-8-10-23(3)17(5-6-21(23)24)16(18)14-20(19(22)13-15)27-12-11-25-26-27;1-4-28-15-7-9-22(2)18-8-10-23(3)17(5-6-21(23)24)16(18)14-20(19(22)13-15)27-25-11-12-26-27/h2*6,11-13,16-18H,4-5,7-10,14H2,1-3H3/t2*16-,17-,18-,22+,23-/m00/s1. The van der Waals surface area contributed by atoms with E-state index in [1.807, 2.05) is 15.7 Å². The highest BCUT2D eigenvalue weighted by Gasteiger charge is 2.59. The van der Waals surface area contributed by atoms with Crippen LogP contribution >= 0.6 is 45.2 Å². The van der Waals surface area contributed by atoms with Gasteiger partial charge in [0, 0.05) is 29.4 Å². The molecule has 0 saturated heterocycles. The molecule has 0 radical (unpaired) electrons. The SMILES string of the molecule is CCOC1=CC2=C(n3ccnn3)C[C@@H]3[C@H](CC[C@]4(C)C(I)=CC[C@@H]34)[C@@]2(C)CC1.CCOC1=CC2=C(n3nccn3)C[C@@H]3[C@H](CC[C@]4(C)C(I)=CC[C@@H]34)[C@@]2(C)CC1. The van der Waals surface area contributed by atoms with Gasteiger partial charge in [-0.25, -0.2) is 4.68 Å². The van der Waals surface area contributed by atoms with Gasteiger partial charge in [-0.2, -0.15) is 15.0 Å². The number of aromatic nitrogens is 6. The van der Waals surface area contributed by atoms with Crippen LogP contribution in [0.4, 0.5) is 0 Å². The summed E-state index contributed by atoms with van der Waals surface area (Å²) in [6, 6.07) is 0. The van der Waals surface area contributed by atoms with Crippen LogP contribution in [0.1, 0.15) is 119 Å². The van der Waals surface area contributed by atoms with Gasteiger partial charge in [-0.1, -0.05) is 45.1 Å². The second kappa shape index (κ2) is 14.8. The molecule has 10 heteroatoms. The van der Waals surface area contributed by atoms with Gasteiger partial charge >= 0.3 is 0 Å². The topological polar surface area (TPSA) is 79.9 Å². The van der Waals surface area contributed by atoms with Crippen molar-refractivity contribution in [2.24, 2.45) is 57.2 Å². The molecule has 0 N–H and O–H groups in total. The molecule has 2 aromatic rings. The van der Waals surface area contributed by atoms with Crippen LogP contribution in [-0.4, -0.2) is 43.2 Å². The number of hydrogen-bond acceptors (Lipinski definition) is 6. The van der Waals surface area contributed by atoms with E-state index in [2.05, 4.69) is 132 Å². The van der Waals surface area contributed by atoms with Gasteiger partial charge in [0.2, 0.25) is 0 Å². The maximum atomic E-state index is 5.95. The molecule has 0 spiro atoms. The molecule has 2 aromatic heterocycles. The molecule has 8 aliphatic carbocycles. The first-order valence-corrected chi connectivity index (χ1v) is 23.7. The summed E-state index contributed by atoms with van der Waals surface area (Å²) in [7, 11) is 0. The van der Waals surface area contributed by atoms with E-state index in [-0.39, 0.29) is 10.8 Å². The third-order valence-corrected chi connectivity index (χ3v) is 19.9. The molecule has 2 saturated carbocycles. The summed E-state index contributed by atoms with van der Waals surface area (Å²) in [4.78, 5) is 1.90. The monoisotopic (exact) mass is 982 g/mol. The Kier molecular flexibility index (Phi) is 10.4. The Hall–Kier alpha value is -2.22. The minimum absolute atomic E-state index is 0.196. The molecule has 0 unspecified atom stereocenters. The average Bonchev–Trinajstić information content (AvgIpc) is 4.01. The molecule has 2 fully saturated rings. The van der Waals surface area contributed by atoms with Gasteiger partial charge in [0.1, 0.15) is 0 Å². The fourth-order valence-corrected chi connectivity index (χ4v) is 15.4. The molecule has 0 aliphatic heterocycles. The summed E-state index contributed by atoms with van der Waals surface area (Å²) in [5, 5.41) is 17.6. The quantitative estimate of drug-likeness (QED) is 0.268. The van der Waals surface area contributed by atoms with Crippen molar-refractivity contribution < 1.29 is 9.47 Å². The normalized spacial score (nSPS) is 39.6. The molecule has 10 rings (SSSR count). The number of fused-ring (bicyclic) bond motifs is 10. The zero-order chi connectivity index (χ0) is 39.0. The van der Waals surface area contributed by atoms with E-state index >= 15 is 0 Å². The van der Waals surface area contributed by atoms with E-state index in [1.165, 1.54) is 73.9 Å². The Bertz CT molecular complexity index is 1890. The van der Waals surface area contributed by atoms with Crippen LogP contribution in [0, 0.1) is 57.2 Å². The molecule has 2 heterocycles. The van der Waals surface area contributed by atoms with Gasteiger partial charge in [-0.3, -0.25) is 0 Å². The van der Waals surface area contributed by atoms with Crippen LogP contribution in [0.25, 0.3) is 11.4 Å². The lowest BCUT2D eigenvalue weighted by molar-refractivity contribution is -0.00786. The van der Waals surface area contributed by atoms with Gasteiger partial charge in [-0.15, -0.1) is 5.10 Å². The maximum Gasteiger partial charge on any atom is 0.0963 e. The first-order valence-electron chi connectivity index (χ1n) is 21.5. The highest BCUT2D eigenvalue weighted by Crippen LogP contribution is 2.68. The highest BCUT2D eigenvalue weighted by atomic mass is 127. The Morgan fingerprint density at radius 3 is 1.64 bits per heavy atom. The molecule has 0 bridgehead atoms. The molecule has 8 aliphatic rings. The summed E-state index contributed by atoms with van der Waals surface area (Å²) in [6.45, 7) is 15.7. The van der Waals surface area contributed by atoms with Crippen molar-refractivity contribution in [3.8, 4) is 0 Å². The van der Waals surface area contributed by atoms with Gasteiger partial charge in [-0.05, 0) is 200 Å². The third kappa shape index (κ3) is 6.11. The largest absolute Gasteiger partial charge is 0.498 e. The van der Waals surface area contributed by atoms with Crippen molar-refractivity contribution in [1.29, 1.82) is 0 Å². The second-order valence-corrected chi connectivity index (χ2v) is 21.3. The van der Waals surface area contributed by atoms with Crippen LogP contribution in [0.15, 0.2) is 78.9 Å². The minimum Gasteiger partial charge on any atom is -0.498 e. The number of rotatable bonds is 6. The van der Waals surface area contributed by atoms with Crippen LogP contribution in [0.2, 0.25) is 0 Å².